The van der Waals surface area contributed by atoms with Gasteiger partial charge in [0, 0.05) is 11.6 Å². The molecule has 2 aliphatic heterocycles. The topological polar surface area (TPSA) is 63.2 Å². The smallest absolute Gasteiger partial charge is 0.387 e. The molecule has 1 N–H and O–H groups in total. The molecule has 2 aliphatic rings. The average Bonchev–Trinajstić information content (AvgIpc) is 3.30. The van der Waals surface area contributed by atoms with Crippen LogP contribution in [-0.2, 0) is 6.42 Å². The zero-order valence-electron chi connectivity index (χ0n) is 20.1. The van der Waals surface area contributed by atoms with Gasteiger partial charge in [0.05, 0.1) is 12.3 Å². The van der Waals surface area contributed by atoms with Crippen molar-refractivity contribution in [3.63, 3.8) is 0 Å². The van der Waals surface area contributed by atoms with Gasteiger partial charge in [-0.3, -0.25) is 0 Å². The maximum atomic E-state index is 13.2. The second-order valence-corrected chi connectivity index (χ2v) is 9.55. The van der Waals surface area contributed by atoms with E-state index < -0.39 is 6.61 Å². The first-order chi connectivity index (χ1) is 17.3. The molecule has 0 fully saturated rings. The van der Waals surface area contributed by atoms with E-state index in [-0.39, 0.29) is 23.3 Å². The summed E-state index contributed by atoms with van der Waals surface area (Å²) in [4.78, 5) is 13.2. The summed E-state index contributed by atoms with van der Waals surface area (Å²) in [6.45, 7) is 1.59. The molecule has 0 radical (unpaired) electrons. The van der Waals surface area contributed by atoms with E-state index in [1.807, 2.05) is 48.5 Å². The lowest BCUT2D eigenvalue weighted by Gasteiger charge is -2.32. The number of alkyl halides is 2. The standard InChI is InChI=1S/C28H27F2N3O3/c1-28(2)15-14-20-16-21(10-13-24(20)36-28)31-27(34)33-17-23(18-6-4-3-5-7-18)25(32-33)19-8-11-22(12-9-19)35-26(29)30/h3-13,16,23,26H,14-15,17H2,1-2H3,(H,31,34)/t23-/m1/s1. The van der Waals surface area contributed by atoms with Gasteiger partial charge in [-0.25, -0.2) is 9.80 Å². The van der Waals surface area contributed by atoms with Crippen molar-refractivity contribution >= 4 is 17.4 Å². The van der Waals surface area contributed by atoms with Gasteiger partial charge in [-0.1, -0.05) is 30.3 Å². The highest BCUT2D eigenvalue weighted by Gasteiger charge is 2.33. The molecule has 8 heteroatoms. The normalized spacial score (nSPS) is 18.3. The molecule has 36 heavy (non-hydrogen) atoms. The third-order valence-electron chi connectivity index (χ3n) is 6.42. The molecule has 186 valence electrons. The maximum absolute atomic E-state index is 13.2. The van der Waals surface area contributed by atoms with E-state index in [1.165, 1.54) is 17.1 Å². The van der Waals surface area contributed by atoms with Gasteiger partial charge < -0.3 is 14.8 Å². The summed E-state index contributed by atoms with van der Waals surface area (Å²) in [6.07, 6.45) is 1.77. The molecule has 0 saturated carbocycles. The molecule has 0 aromatic heterocycles. The Morgan fingerprint density at radius 2 is 1.86 bits per heavy atom. The van der Waals surface area contributed by atoms with E-state index in [2.05, 4.69) is 29.0 Å². The van der Waals surface area contributed by atoms with Gasteiger partial charge in [0.15, 0.2) is 0 Å². The molecule has 1 atom stereocenters. The third-order valence-corrected chi connectivity index (χ3v) is 6.42. The number of ether oxygens (including phenoxy) is 2. The number of rotatable bonds is 5. The molecular formula is C28H27F2N3O3. The first-order valence-electron chi connectivity index (χ1n) is 11.9. The van der Waals surface area contributed by atoms with Crippen molar-refractivity contribution in [2.24, 2.45) is 5.10 Å². The number of fused-ring (bicyclic) bond motifs is 1. The predicted octanol–water partition coefficient (Wildman–Crippen LogP) is 6.43. The van der Waals surface area contributed by atoms with Crippen LogP contribution in [0.3, 0.4) is 0 Å². The molecule has 0 aliphatic carbocycles. The summed E-state index contributed by atoms with van der Waals surface area (Å²) < 4.78 is 35.6. The SMILES string of the molecule is CC1(C)CCc2cc(NC(=O)N3C[C@H](c4ccccc4)C(c4ccc(OC(F)F)cc4)=N3)ccc2O1. The summed E-state index contributed by atoms with van der Waals surface area (Å²) in [7, 11) is 0. The monoisotopic (exact) mass is 491 g/mol. The number of nitrogens with one attached hydrogen (secondary N) is 1. The molecule has 6 nitrogen and oxygen atoms in total. The maximum Gasteiger partial charge on any atom is 0.387 e. The zero-order valence-corrected chi connectivity index (χ0v) is 20.1. The van der Waals surface area contributed by atoms with Gasteiger partial charge in [0.1, 0.15) is 17.1 Å². The van der Waals surface area contributed by atoms with Gasteiger partial charge >= 0.3 is 12.6 Å². The second-order valence-electron chi connectivity index (χ2n) is 9.55. The Labute approximate surface area is 208 Å². The minimum absolute atomic E-state index is 0.0676. The summed E-state index contributed by atoms with van der Waals surface area (Å²) in [6, 6.07) is 21.4. The van der Waals surface area contributed by atoms with Gasteiger partial charge in [0.2, 0.25) is 0 Å². The number of hydrogen-bond donors (Lipinski definition) is 1. The summed E-state index contributed by atoms with van der Waals surface area (Å²) >= 11 is 0. The Bertz CT molecular complexity index is 1280. The van der Waals surface area contributed by atoms with Crippen molar-refractivity contribution in [3.05, 3.63) is 89.5 Å². The average molecular weight is 492 g/mol. The summed E-state index contributed by atoms with van der Waals surface area (Å²) in [5.74, 6) is 0.741. The van der Waals surface area contributed by atoms with Crippen molar-refractivity contribution in [2.45, 2.75) is 44.8 Å². The van der Waals surface area contributed by atoms with E-state index in [0.29, 0.717) is 17.9 Å². The van der Waals surface area contributed by atoms with E-state index >= 15 is 0 Å². The van der Waals surface area contributed by atoms with Crippen molar-refractivity contribution < 1.29 is 23.0 Å². The zero-order chi connectivity index (χ0) is 25.3. The number of carbonyl (C=O) groups is 1. The van der Waals surface area contributed by atoms with Crippen LogP contribution in [0.15, 0.2) is 77.9 Å². The molecule has 0 spiro atoms. The number of benzene rings is 3. The highest BCUT2D eigenvalue weighted by Crippen LogP contribution is 2.35. The molecular weight excluding hydrogens is 464 g/mol. The van der Waals surface area contributed by atoms with Crippen LogP contribution in [0.1, 0.15) is 42.9 Å². The lowest BCUT2D eigenvalue weighted by Crippen LogP contribution is -2.33. The molecule has 0 bridgehead atoms. The van der Waals surface area contributed by atoms with Crippen molar-refractivity contribution in [3.8, 4) is 11.5 Å². The fourth-order valence-corrected chi connectivity index (χ4v) is 4.57. The number of aryl methyl sites for hydroxylation is 1. The van der Waals surface area contributed by atoms with Crippen LogP contribution in [0.4, 0.5) is 19.3 Å². The second kappa shape index (κ2) is 9.60. The minimum Gasteiger partial charge on any atom is -0.488 e. The lowest BCUT2D eigenvalue weighted by molar-refractivity contribution is -0.0498. The van der Waals surface area contributed by atoms with Crippen molar-refractivity contribution in [2.75, 3.05) is 11.9 Å². The van der Waals surface area contributed by atoms with Gasteiger partial charge in [-0.2, -0.15) is 13.9 Å². The first kappa shape index (κ1) is 23.8. The Morgan fingerprint density at radius 3 is 2.58 bits per heavy atom. The highest BCUT2D eigenvalue weighted by molar-refractivity contribution is 6.08. The van der Waals surface area contributed by atoms with Crippen LogP contribution in [0, 0.1) is 0 Å². The largest absolute Gasteiger partial charge is 0.488 e. The molecule has 0 unspecified atom stereocenters. The molecule has 2 heterocycles. The van der Waals surface area contributed by atoms with Crippen LogP contribution in [0.5, 0.6) is 11.5 Å². The summed E-state index contributed by atoms with van der Waals surface area (Å²) in [5.41, 5.74) is 3.96. The molecule has 0 saturated heterocycles. The van der Waals surface area contributed by atoms with Gasteiger partial charge in [-0.05, 0) is 85.8 Å². The van der Waals surface area contributed by atoms with Crippen molar-refractivity contribution in [1.29, 1.82) is 0 Å². The van der Waals surface area contributed by atoms with E-state index in [1.54, 1.807) is 12.1 Å². The molecule has 2 amide bonds. The minimum atomic E-state index is -2.89. The van der Waals surface area contributed by atoms with E-state index in [0.717, 1.165) is 35.3 Å². The van der Waals surface area contributed by atoms with Crippen LogP contribution in [0.25, 0.3) is 0 Å². The first-order valence-corrected chi connectivity index (χ1v) is 11.9. The fourth-order valence-electron chi connectivity index (χ4n) is 4.57. The van der Waals surface area contributed by atoms with E-state index in [4.69, 9.17) is 4.74 Å². The lowest BCUT2D eigenvalue weighted by atomic mass is 9.90. The predicted molar refractivity (Wildman–Crippen MR) is 134 cm³/mol. The summed E-state index contributed by atoms with van der Waals surface area (Å²) in [5, 5.41) is 9.00. The van der Waals surface area contributed by atoms with Crippen molar-refractivity contribution in [1.82, 2.24) is 5.01 Å². The number of anilines is 1. The van der Waals surface area contributed by atoms with Crippen LogP contribution in [0.2, 0.25) is 0 Å². The fraction of sp³-hybridized carbons (Fsp3) is 0.286. The van der Waals surface area contributed by atoms with Crippen LogP contribution < -0.4 is 14.8 Å². The highest BCUT2D eigenvalue weighted by atomic mass is 19.3. The molecule has 3 aromatic rings. The number of halogens is 2. The van der Waals surface area contributed by atoms with E-state index in [9.17, 15) is 13.6 Å². The Balaban J connectivity index is 1.37. The van der Waals surface area contributed by atoms with Gasteiger partial charge in [-0.15, -0.1) is 0 Å². The number of carbonyl (C=O) groups excluding carboxylic acids is 1. The number of amides is 2. The molecule has 5 rings (SSSR count). The van der Waals surface area contributed by atoms with Crippen LogP contribution >= 0.6 is 0 Å². The number of nitrogens with zero attached hydrogens (tertiary/aromatic N) is 2. The van der Waals surface area contributed by atoms with Crippen LogP contribution in [-0.4, -0.2) is 35.5 Å². The Hall–Kier alpha value is -3.94. The Kier molecular flexibility index (Phi) is 6.35. The molecule has 3 aromatic carbocycles. The Morgan fingerprint density at radius 1 is 1.11 bits per heavy atom. The number of hydrogen-bond acceptors (Lipinski definition) is 4. The quantitative estimate of drug-likeness (QED) is 0.448. The third kappa shape index (κ3) is 5.17. The van der Waals surface area contributed by atoms with Gasteiger partial charge in [0.25, 0.3) is 0 Å². The number of urea groups is 1. The number of hydrazone groups is 1.